The molecule has 0 saturated heterocycles. The van der Waals surface area contributed by atoms with Gasteiger partial charge in [0.1, 0.15) is 18.0 Å². The van der Waals surface area contributed by atoms with Crippen molar-refractivity contribution in [3.8, 4) is 5.75 Å². The van der Waals surface area contributed by atoms with Crippen molar-refractivity contribution < 1.29 is 9.53 Å². The number of hydrogen-bond donors (Lipinski definition) is 1. The first-order valence-electron chi connectivity index (χ1n) is 8.81. The topological polar surface area (TPSA) is 55.6 Å². The molecule has 0 fully saturated rings. The van der Waals surface area contributed by atoms with Gasteiger partial charge in [-0.25, -0.2) is 4.98 Å². The van der Waals surface area contributed by atoms with Crippen LogP contribution in [0.3, 0.4) is 0 Å². The lowest BCUT2D eigenvalue weighted by atomic mass is 10.2. The molecule has 0 aliphatic rings. The number of aryl methyl sites for hydroxylation is 1. The number of pyridine rings is 1. The van der Waals surface area contributed by atoms with Gasteiger partial charge >= 0.3 is 0 Å². The Morgan fingerprint density at radius 1 is 1.14 bits per heavy atom. The molecule has 0 bridgehead atoms. The van der Waals surface area contributed by atoms with Gasteiger partial charge in [-0.1, -0.05) is 29.8 Å². The highest BCUT2D eigenvalue weighted by molar-refractivity contribution is 6.30. The van der Waals surface area contributed by atoms with Gasteiger partial charge in [-0.05, 0) is 55.0 Å². The molecule has 0 saturated carbocycles. The summed E-state index contributed by atoms with van der Waals surface area (Å²) in [4.78, 5) is 17.1. The molecule has 6 heteroatoms. The van der Waals surface area contributed by atoms with Gasteiger partial charge in [0.15, 0.2) is 0 Å². The van der Waals surface area contributed by atoms with Crippen molar-refractivity contribution in [2.75, 3.05) is 5.32 Å². The zero-order valence-electron chi connectivity index (χ0n) is 15.2. The predicted molar refractivity (Wildman–Crippen MR) is 110 cm³/mol. The van der Waals surface area contributed by atoms with Gasteiger partial charge in [0.2, 0.25) is 0 Å². The van der Waals surface area contributed by atoms with E-state index in [4.69, 9.17) is 16.3 Å². The number of nitrogens with zero attached hydrogens (tertiary/aromatic N) is 2. The second kappa shape index (κ2) is 7.74. The summed E-state index contributed by atoms with van der Waals surface area (Å²) in [5.41, 5.74) is 3.99. The summed E-state index contributed by atoms with van der Waals surface area (Å²) >= 11 is 5.96. The van der Waals surface area contributed by atoms with Crippen LogP contribution in [0.5, 0.6) is 5.75 Å². The molecule has 0 spiro atoms. The highest BCUT2D eigenvalue weighted by atomic mass is 35.5. The minimum atomic E-state index is -0.226. The lowest BCUT2D eigenvalue weighted by Gasteiger charge is -2.08. The van der Waals surface area contributed by atoms with E-state index in [1.54, 1.807) is 42.5 Å². The van der Waals surface area contributed by atoms with Gasteiger partial charge in [0.25, 0.3) is 5.91 Å². The van der Waals surface area contributed by atoms with Crippen LogP contribution < -0.4 is 10.1 Å². The Balaban J connectivity index is 1.45. The van der Waals surface area contributed by atoms with E-state index in [2.05, 4.69) is 10.3 Å². The van der Waals surface area contributed by atoms with Crippen molar-refractivity contribution in [3.05, 3.63) is 94.9 Å². The maximum Gasteiger partial charge on any atom is 0.255 e. The van der Waals surface area contributed by atoms with Crippen molar-refractivity contribution in [3.63, 3.8) is 0 Å². The zero-order valence-corrected chi connectivity index (χ0v) is 16.0. The molecule has 28 heavy (non-hydrogen) atoms. The molecule has 0 unspecified atom stereocenters. The quantitative estimate of drug-likeness (QED) is 0.513. The number of imidazole rings is 1. The van der Waals surface area contributed by atoms with Crippen LogP contribution >= 0.6 is 11.6 Å². The number of benzene rings is 2. The predicted octanol–water partition coefficient (Wildman–Crippen LogP) is 5.13. The van der Waals surface area contributed by atoms with Crippen LogP contribution in [0.15, 0.2) is 73.1 Å². The van der Waals surface area contributed by atoms with Gasteiger partial charge < -0.3 is 14.5 Å². The lowest BCUT2D eigenvalue weighted by Crippen LogP contribution is -2.11. The fraction of sp³-hybridized carbons (Fsp3) is 0.0909. The number of hydrogen-bond acceptors (Lipinski definition) is 3. The number of aromatic nitrogens is 2. The van der Waals surface area contributed by atoms with Gasteiger partial charge in [-0.15, -0.1) is 0 Å². The smallest absolute Gasteiger partial charge is 0.255 e. The Morgan fingerprint density at radius 3 is 2.82 bits per heavy atom. The maximum absolute atomic E-state index is 12.5. The van der Waals surface area contributed by atoms with Crippen LogP contribution in [0.4, 0.5) is 5.69 Å². The summed E-state index contributed by atoms with van der Waals surface area (Å²) in [6.45, 7) is 2.34. The van der Waals surface area contributed by atoms with Crippen molar-refractivity contribution >= 4 is 28.8 Å². The molecule has 0 atom stereocenters. The van der Waals surface area contributed by atoms with Gasteiger partial charge in [-0.3, -0.25) is 4.79 Å². The van der Waals surface area contributed by atoms with Gasteiger partial charge in [0.05, 0.1) is 5.69 Å². The molecule has 0 aliphatic carbocycles. The Labute approximate surface area is 167 Å². The Morgan fingerprint density at radius 2 is 2.00 bits per heavy atom. The highest BCUT2D eigenvalue weighted by Gasteiger charge is 2.09. The van der Waals surface area contributed by atoms with E-state index in [-0.39, 0.29) is 5.91 Å². The molecular weight excluding hydrogens is 374 g/mol. The summed E-state index contributed by atoms with van der Waals surface area (Å²) in [5.74, 6) is 0.378. The van der Waals surface area contributed by atoms with Crippen molar-refractivity contribution in [1.29, 1.82) is 0 Å². The number of rotatable bonds is 5. The van der Waals surface area contributed by atoms with Gasteiger partial charge in [-0.2, -0.15) is 0 Å². The van der Waals surface area contributed by atoms with E-state index in [0.717, 1.165) is 16.9 Å². The average molecular weight is 392 g/mol. The van der Waals surface area contributed by atoms with Crippen LogP contribution in [0.25, 0.3) is 5.65 Å². The molecular formula is C22H18ClN3O2. The number of amides is 1. The maximum atomic E-state index is 12.5. The number of carbonyl (C=O) groups is 1. The molecule has 2 aromatic carbocycles. The van der Waals surface area contributed by atoms with E-state index < -0.39 is 0 Å². The van der Waals surface area contributed by atoms with Gasteiger partial charge in [0, 0.05) is 28.7 Å². The molecule has 1 amide bonds. The van der Waals surface area contributed by atoms with Crippen LogP contribution in [-0.4, -0.2) is 15.3 Å². The molecule has 140 valence electrons. The standard InChI is InChI=1S/C22H18ClN3O2/c1-15-5-4-10-26-13-19(24-21(15)26)14-28-20-9-2-6-16(11-20)22(27)25-18-8-3-7-17(23)12-18/h2-13H,14H2,1H3,(H,25,27). The number of halogens is 1. The van der Waals surface area contributed by atoms with Crippen molar-refractivity contribution in [1.82, 2.24) is 9.38 Å². The summed E-state index contributed by atoms with van der Waals surface area (Å²) < 4.78 is 7.82. The normalized spacial score (nSPS) is 10.8. The second-order valence-corrected chi connectivity index (χ2v) is 6.87. The molecule has 2 heterocycles. The molecule has 1 N–H and O–H groups in total. The van der Waals surface area contributed by atoms with E-state index in [1.165, 1.54) is 0 Å². The summed E-state index contributed by atoms with van der Waals surface area (Å²) in [6, 6.07) is 18.1. The fourth-order valence-corrected chi connectivity index (χ4v) is 3.12. The van der Waals surface area contributed by atoms with E-state index in [0.29, 0.717) is 28.6 Å². The Kier molecular flexibility index (Phi) is 5.00. The van der Waals surface area contributed by atoms with E-state index in [9.17, 15) is 4.79 Å². The zero-order chi connectivity index (χ0) is 19.5. The Hall–Kier alpha value is -3.31. The minimum Gasteiger partial charge on any atom is -0.487 e. The van der Waals surface area contributed by atoms with Crippen molar-refractivity contribution in [2.24, 2.45) is 0 Å². The summed E-state index contributed by atoms with van der Waals surface area (Å²) in [7, 11) is 0. The van der Waals surface area contributed by atoms with Crippen LogP contribution in [0.2, 0.25) is 5.02 Å². The summed E-state index contributed by atoms with van der Waals surface area (Å²) in [5, 5.41) is 3.40. The fourth-order valence-electron chi connectivity index (χ4n) is 2.93. The average Bonchev–Trinajstić information content (AvgIpc) is 3.11. The van der Waals surface area contributed by atoms with E-state index >= 15 is 0 Å². The number of fused-ring (bicyclic) bond motifs is 1. The Bertz CT molecular complexity index is 1150. The highest BCUT2D eigenvalue weighted by Crippen LogP contribution is 2.19. The minimum absolute atomic E-state index is 0.226. The largest absolute Gasteiger partial charge is 0.487 e. The second-order valence-electron chi connectivity index (χ2n) is 6.44. The SMILES string of the molecule is Cc1cccn2cc(COc3cccc(C(=O)Nc4cccc(Cl)c4)c3)nc12. The first-order valence-corrected chi connectivity index (χ1v) is 9.19. The number of nitrogens with one attached hydrogen (secondary N) is 1. The molecule has 5 nitrogen and oxygen atoms in total. The first-order chi connectivity index (χ1) is 13.6. The monoisotopic (exact) mass is 391 g/mol. The molecule has 4 rings (SSSR count). The van der Waals surface area contributed by atoms with E-state index in [1.807, 2.05) is 41.9 Å². The van der Waals surface area contributed by atoms with Crippen molar-refractivity contribution in [2.45, 2.75) is 13.5 Å². The number of anilines is 1. The van der Waals surface area contributed by atoms with Crippen LogP contribution in [0.1, 0.15) is 21.6 Å². The molecule has 0 radical (unpaired) electrons. The third kappa shape index (κ3) is 4.00. The van der Waals surface area contributed by atoms with Crippen LogP contribution in [-0.2, 0) is 6.61 Å². The van der Waals surface area contributed by atoms with Crippen LogP contribution in [0, 0.1) is 6.92 Å². The summed E-state index contributed by atoms with van der Waals surface area (Å²) in [6.07, 6.45) is 3.90. The number of carbonyl (C=O) groups excluding carboxylic acids is 1. The number of ether oxygens (including phenoxy) is 1. The molecule has 0 aliphatic heterocycles. The third-order valence-electron chi connectivity index (χ3n) is 4.29. The third-order valence-corrected chi connectivity index (χ3v) is 4.53. The lowest BCUT2D eigenvalue weighted by molar-refractivity contribution is 0.102. The molecule has 2 aromatic heterocycles. The molecule has 4 aromatic rings. The first kappa shape index (κ1) is 18.1.